The zero-order valence-electron chi connectivity index (χ0n) is 10.9. The lowest BCUT2D eigenvalue weighted by molar-refractivity contribution is -0.141. The van der Waals surface area contributed by atoms with Gasteiger partial charge in [0.25, 0.3) is 0 Å². The monoisotopic (exact) mass is 288 g/mol. The molecule has 3 fully saturated rings. The first kappa shape index (κ1) is 14.8. The number of nitrogens with one attached hydrogen (secondary N) is 1. The van der Waals surface area contributed by atoms with E-state index in [1.807, 2.05) is 0 Å². The van der Waals surface area contributed by atoms with Crippen LogP contribution in [0.25, 0.3) is 0 Å². The van der Waals surface area contributed by atoms with Gasteiger partial charge in [-0.3, -0.25) is 14.5 Å². The minimum atomic E-state index is -0.675. The number of likely N-dealkylation sites (tertiary alicyclic amines) is 1. The van der Waals surface area contributed by atoms with Crippen LogP contribution in [0.5, 0.6) is 0 Å². The SMILES string of the molecule is Cl.O=C1CCN(C2CC3(CC(C(=O)O)CN3)C2)CC1. The summed E-state index contributed by atoms with van der Waals surface area (Å²) in [5, 5.41) is 12.4. The van der Waals surface area contributed by atoms with Gasteiger partial charge in [0.15, 0.2) is 0 Å². The molecule has 1 atom stereocenters. The fourth-order valence-corrected chi connectivity index (χ4v) is 3.68. The number of piperidine rings is 1. The van der Waals surface area contributed by atoms with Crippen LogP contribution in [-0.4, -0.2) is 53.0 Å². The van der Waals surface area contributed by atoms with Crippen molar-refractivity contribution in [3.8, 4) is 0 Å². The summed E-state index contributed by atoms with van der Waals surface area (Å²) in [6, 6.07) is 0.554. The van der Waals surface area contributed by atoms with Crippen molar-refractivity contribution >= 4 is 24.2 Å². The van der Waals surface area contributed by atoms with E-state index in [9.17, 15) is 9.59 Å². The number of carbonyl (C=O) groups is 2. The predicted molar refractivity (Wildman–Crippen MR) is 72.6 cm³/mol. The van der Waals surface area contributed by atoms with Gasteiger partial charge in [0.05, 0.1) is 5.92 Å². The molecule has 5 nitrogen and oxygen atoms in total. The van der Waals surface area contributed by atoms with E-state index in [0.717, 1.165) is 32.4 Å². The van der Waals surface area contributed by atoms with Gasteiger partial charge in [0, 0.05) is 44.1 Å². The summed E-state index contributed by atoms with van der Waals surface area (Å²) in [7, 11) is 0. The average molecular weight is 289 g/mol. The number of nitrogens with zero attached hydrogens (tertiary/aromatic N) is 1. The first-order valence-corrected chi connectivity index (χ1v) is 6.82. The van der Waals surface area contributed by atoms with E-state index < -0.39 is 5.97 Å². The number of carboxylic acids is 1. The summed E-state index contributed by atoms with van der Waals surface area (Å²) >= 11 is 0. The normalized spacial score (nSPS) is 38.8. The lowest BCUT2D eigenvalue weighted by atomic mass is 9.69. The van der Waals surface area contributed by atoms with Crippen LogP contribution in [0.1, 0.15) is 32.1 Å². The molecule has 2 heterocycles. The summed E-state index contributed by atoms with van der Waals surface area (Å²) < 4.78 is 0. The van der Waals surface area contributed by atoms with Gasteiger partial charge in [-0.2, -0.15) is 0 Å². The summed E-state index contributed by atoms with van der Waals surface area (Å²) in [4.78, 5) is 24.6. The van der Waals surface area contributed by atoms with Crippen molar-refractivity contribution in [2.45, 2.75) is 43.7 Å². The van der Waals surface area contributed by atoms with Gasteiger partial charge >= 0.3 is 5.97 Å². The standard InChI is InChI=1S/C13H20N2O3.ClH/c16-11-1-3-15(4-2-11)10-6-13(7-10)5-9(8-14-13)12(17)18;/h9-10,14H,1-8H2,(H,17,18);1H. The van der Waals surface area contributed by atoms with Gasteiger partial charge in [-0.25, -0.2) is 0 Å². The van der Waals surface area contributed by atoms with Crippen molar-refractivity contribution in [1.82, 2.24) is 10.2 Å². The highest BCUT2D eigenvalue weighted by Gasteiger charge is 2.51. The zero-order chi connectivity index (χ0) is 12.8. The second-order valence-electron chi connectivity index (χ2n) is 6.04. The quantitative estimate of drug-likeness (QED) is 0.781. The molecule has 19 heavy (non-hydrogen) atoms. The molecule has 2 N–H and O–H groups in total. The average Bonchev–Trinajstić information content (AvgIpc) is 2.73. The maximum atomic E-state index is 11.2. The van der Waals surface area contributed by atoms with E-state index in [1.165, 1.54) is 0 Å². The van der Waals surface area contributed by atoms with E-state index >= 15 is 0 Å². The molecule has 1 aliphatic carbocycles. The zero-order valence-corrected chi connectivity index (χ0v) is 11.7. The Bertz CT molecular complexity index is 372. The smallest absolute Gasteiger partial charge is 0.307 e. The van der Waals surface area contributed by atoms with Gasteiger partial charge < -0.3 is 10.4 Å². The number of rotatable bonds is 2. The number of aliphatic carboxylic acids is 1. The Morgan fingerprint density at radius 2 is 1.89 bits per heavy atom. The van der Waals surface area contributed by atoms with Crippen molar-refractivity contribution in [3.05, 3.63) is 0 Å². The van der Waals surface area contributed by atoms with Gasteiger partial charge in [0.2, 0.25) is 0 Å². The molecule has 1 spiro atoms. The fraction of sp³-hybridized carbons (Fsp3) is 0.846. The topological polar surface area (TPSA) is 69.6 Å². The van der Waals surface area contributed by atoms with E-state index in [4.69, 9.17) is 5.11 Å². The maximum Gasteiger partial charge on any atom is 0.307 e. The molecule has 0 aromatic carbocycles. The number of carbonyl (C=O) groups excluding carboxylic acids is 1. The van der Waals surface area contributed by atoms with Gasteiger partial charge in [-0.1, -0.05) is 0 Å². The molecule has 0 aromatic rings. The number of Topliss-reactive ketones (excluding diaryl/α,β-unsaturated/α-hetero) is 1. The molecule has 0 amide bonds. The van der Waals surface area contributed by atoms with Gasteiger partial charge in [-0.15, -0.1) is 12.4 Å². The predicted octanol–water partition coefficient (Wildman–Crippen LogP) is 0.668. The van der Waals surface area contributed by atoms with Crippen molar-refractivity contribution in [3.63, 3.8) is 0 Å². The molecule has 108 valence electrons. The van der Waals surface area contributed by atoms with E-state index in [1.54, 1.807) is 0 Å². The third-order valence-electron chi connectivity index (χ3n) is 4.83. The molecule has 0 bridgehead atoms. The number of carboxylic acid groups (broad SMARTS) is 1. The molecule has 2 aliphatic heterocycles. The number of hydrogen-bond donors (Lipinski definition) is 2. The molecule has 1 saturated carbocycles. The van der Waals surface area contributed by atoms with Crippen LogP contribution >= 0.6 is 12.4 Å². The molecule has 6 heteroatoms. The summed E-state index contributed by atoms with van der Waals surface area (Å²) in [6.07, 6.45) is 4.24. The molecule has 0 radical (unpaired) electrons. The van der Waals surface area contributed by atoms with Crippen LogP contribution in [0.15, 0.2) is 0 Å². The molecular formula is C13H21ClN2O3. The summed E-state index contributed by atoms with van der Waals surface area (Å²) in [6.45, 7) is 2.39. The highest BCUT2D eigenvalue weighted by Crippen LogP contribution is 2.44. The van der Waals surface area contributed by atoms with Gasteiger partial charge in [0.1, 0.15) is 5.78 Å². The second kappa shape index (κ2) is 5.38. The second-order valence-corrected chi connectivity index (χ2v) is 6.04. The minimum absolute atomic E-state index is 0. The highest BCUT2D eigenvalue weighted by atomic mass is 35.5. The number of halogens is 1. The van der Waals surface area contributed by atoms with Crippen molar-refractivity contribution < 1.29 is 14.7 Å². The highest BCUT2D eigenvalue weighted by molar-refractivity contribution is 5.85. The Labute approximate surface area is 119 Å². The van der Waals surface area contributed by atoms with Crippen LogP contribution in [0.3, 0.4) is 0 Å². The van der Waals surface area contributed by atoms with E-state index in [2.05, 4.69) is 10.2 Å². The van der Waals surface area contributed by atoms with Crippen molar-refractivity contribution in [2.24, 2.45) is 5.92 Å². The lowest BCUT2D eigenvalue weighted by Crippen LogP contribution is -2.60. The Morgan fingerprint density at radius 3 is 2.42 bits per heavy atom. The van der Waals surface area contributed by atoms with Crippen LogP contribution in [0, 0.1) is 5.92 Å². The molecule has 3 rings (SSSR count). The van der Waals surface area contributed by atoms with Crippen LogP contribution in [0.2, 0.25) is 0 Å². The maximum absolute atomic E-state index is 11.2. The third kappa shape index (κ3) is 2.78. The molecule has 2 saturated heterocycles. The number of hydrogen-bond acceptors (Lipinski definition) is 4. The Morgan fingerprint density at radius 1 is 1.26 bits per heavy atom. The Hall–Kier alpha value is -0.650. The van der Waals surface area contributed by atoms with E-state index in [0.29, 0.717) is 31.2 Å². The lowest BCUT2D eigenvalue weighted by Gasteiger charge is -2.51. The van der Waals surface area contributed by atoms with Crippen LogP contribution in [-0.2, 0) is 9.59 Å². The van der Waals surface area contributed by atoms with Crippen molar-refractivity contribution in [1.29, 1.82) is 0 Å². The fourth-order valence-electron chi connectivity index (χ4n) is 3.68. The van der Waals surface area contributed by atoms with Gasteiger partial charge in [-0.05, 0) is 19.3 Å². The van der Waals surface area contributed by atoms with Crippen LogP contribution in [0.4, 0.5) is 0 Å². The Balaban J connectivity index is 0.00000133. The van der Waals surface area contributed by atoms with Crippen molar-refractivity contribution in [2.75, 3.05) is 19.6 Å². The summed E-state index contributed by atoms with van der Waals surface area (Å²) in [5.74, 6) is -0.509. The molecule has 0 aromatic heterocycles. The number of ketones is 1. The largest absolute Gasteiger partial charge is 0.481 e. The van der Waals surface area contributed by atoms with Crippen LogP contribution < -0.4 is 5.32 Å². The molecule has 1 unspecified atom stereocenters. The molecular weight excluding hydrogens is 268 g/mol. The first-order chi connectivity index (χ1) is 8.58. The van der Waals surface area contributed by atoms with E-state index in [-0.39, 0.29) is 23.9 Å². The third-order valence-corrected chi connectivity index (χ3v) is 4.83. The minimum Gasteiger partial charge on any atom is -0.481 e. The Kier molecular flexibility index (Phi) is 4.18. The first-order valence-electron chi connectivity index (χ1n) is 6.82. The summed E-state index contributed by atoms with van der Waals surface area (Å²) in [5.41, 5.74) is 0.0786. The molecule has 3 aliphatic rings.